The monoisotopic (exact) mass is 285 g/mol. The second-order valence-corrected chi connectivity index (χ2v) is 6.56. The average molecular weight is 285 g/mol. The zero-order chi connectivity index (χ0) is 13.5. The maximum atomic E-state index is 4.75. The molecule has 3 nitrogen and oxygen atoms in total. The van der Waals surface area contributed by atoms with Gasteiger partial charge in [-0.25, -0.2) is 4.40 Å². The molecule has 2 aliphatic heterocycles. The number of nitrogens with zero attached hydrogens (tertiary/aromatic N) is 3. The minimum Gasteiger partial charge on any atom is -0.358 e. The largest absolute Gasteiger partial charge is 0.358 e. The molecule has 0 radical (unpaired) electrons. The number of hydrogen-bond acceptors (Lipinski definition) is 3. The van der Waals surface area contributed by atoms with Crippen LogP contribution in [0.1, 0.15) is 24.3 Å². The van der Waals surface area contributed by atoms with Gasteiger partial charge in [-0.1, -0.05) is 6.07 Å². The van der Waals surface area contributed by atoms with Crippen LogP contribution in [0.5, 0.6) is 0 Å². The third-order valence-corrected chi connectivity index (χ3v) is 5.16. The maximum absolute atomic E-state index is 4.75. The topological polar surface area (TPSA) is 20.5 Å². The van der Waals surface area contributed by atoms with Gasteiger partial charge in [0.15, 0.2) is 0 Å². The van der Waals surface area contributed by atoms with Crippen molar-refractivity contribution in [1.29, 1.82) is 0 Å². The SMILES string of the molecule is Cn1ccc2cc(C3CCCN4CCSN=C34)ccc21. The molecule has 104 valence electrons. The lowest BCUT2D eigenvalue weighted by Gasteiger charge is -2.37. The highest BCUT2D eigenvalue weighted by molar-refractivity contribution is 7.98. The summed E-state index contributed by atoms with van der Waals surface area (Å²) in [5, 5.41) is 1.34. The molecule has 0 saturated carbocycles. The van der Waals surface area contributed by atoms with Crippen molar-refractivity contribution in [2.24, 2.45) is 11.4 Å². The van der Waals surface area contributed by atoms with Gasteiger partial charge in [0.2, 0.25) is 0 Å². The molecule has 1 fully saturated rings. The number of rotatable bonds is 1. The van der Waals surface area contributed by atoms with Crippen molar-refractivity contribution in [1.82, 2.24) is 9.47 Å². The van der Waals surface area contributed by atoms with Gasteiger partial charge in [-0.15, -0.1) is 0 Å². The Bertz CT molecular complexity index is 673. The molecule has 4 heteroatoms. The lowest BCUT2D eigenvalue weighted by atomic mass is 9.88. The minimum atomic E-state index is 0.487. The van der Waals surface area contributed by atoms with Crippen LogP contribution in [-0.2, 0) is 7.05 Å². The van der Waals surface area contributed by atoms with E-state index in [1.807, 2.05) is 0 Å². The van der Waals surface area contributed by atoms with E-state index < -0.39 is 0 Å². The molecule has 4 rings (SSSR count). The van der Waals surface area contributed by atoms with Crippen LogP contribution < -0.4 is 0 Å². The van der Waals surface area contributed by atoms with Crippen molar-refractivity contribution in [3.8, 4) is 0 Å². The fourth-order valence-electron chi connectivity index (χ4n) is 3.39. The van der Waals surface area contributed by atoms with Gasteiger partial charge in [-0.2, -0.15) is 0 Å². The van der Waals surface area contributed by atoms with E-state index in [0.29, 0.717) is 5.92 Å². The molecule has 0 aliphatic carbocycles. The van der Waals surface area contributed by atoms with Gasteiger partial charge in [-0.3, -0.25) is 0 Å². The zero-order valence-electron chi connectivity index (χ0n) is 11.7. The Morgan fingerprint density at radius 2 is 2.20 bits per heavy atom. The van der Waals surface area contributed by atoms with Crippen LogP contribution in [0.3, 0.4) is 0 Å². The first-order chi connectivity index (χ1) is 9.83. The first-order valence-corrected chi connectivity index (χ1v) is 8.27. The number of amidine groups is 1. The number of hydrogen-bond donors (Lipinski definition) is 0. The van der Waals surface area contributed by atoms with E-state index in [-0.39, 0.29) is 0 Å². The number of benzene rings is 1. The highest BCUT2D eigenvalue weighted by atomic mass is 32.2. The van der Waals surface area contributed by atoms with E-state index in [1.165, 1.54) is 41.7 Å². The van der Waals surface area contributed by atoms with Gasteiger partial charge in [0.05, 0.1) is 0 Å². The Morgan fingerprint density at radius 1 is 1.25 bits per heavy atom. The van der Waals surface area contributed by atoms with Crippen molar-refractivity contribution in [3.05, 3.63) is 36.0 Å². The highest BCUT2D eigenvalue weighted by Gasteiger charge is 2.29. The third kappa shape index (κ3) is 1.94. The second-order valence-electron chi connectivity index (χ2n) is 5.71. The van der Waals surface area contributed by atoms with Gasteiger partial charge in [0.25, 0.3) is 0 Å². The molecule has 2 aliphatic rings. The zero-order valence-corrected chi connectivity index (χ0v) is 12.6. The summed E-state index contributed by atoms with van der Waals surface area (Å²) in [5.41, 5.74) is 2.73. The summed E-state index contributed by atoms with van der Waals surface area (Å²) >= 11 is 1.73. The molecule has 1 aromatic carbocycles. The average Bonchev–Trinajstić information content (AvgIpc) is 2.87. The molecule has 1 saturated heterocycles. The quantitative estimate of drug-likeness (QED) is 0.748. The molecule has 0 N–H and O–H groups in total. The highest BCUT2D eigenvalue weighted by Crippen LogP contribution is 2.33. The smallest absolute Gasteiger partial charge is 0.120 e. The Hall–Kier alpha value is -1.42. The number of aromatic nitrogens is 1. The Labute approximate surface area is 123 Å². The summed E-state index contributed by atoms with van der Waals surface area (Å²) < 4.78 is 6.93. The lowest BCUT2D eigenvalue weighted by molar-refractivity contribution is 0.371. The molecule has 20 heavy (non-hydrogen) atoms. The fraction of sp³-hybridized carbons (Fsp3) is 0.438. The van der Waals surface area contributed by atoms with Crippen molar-refractivity contribution in [3.63, 3.8) is 0 Å². The predicted octanol–water partition coefficient (Wildman–Crippen LogP) is 3.42. The van der Waals surface area contributed by atoms with Crippen LogP contribution in [0, 0.1) is 0 Å². The van der Waals surface area contributed by atoms with Crippen LogP contribution >= 0.6 is 11.9 Å². The Balaban J connectivity index is 1.75. The Morgan fingerprint density at radius 3 is 3.15 bits per heavy atom. The van der Waals surface area contributed by atoms with Crippen molar-refractivity contribution >= 4 is 28.7 Å². The number of piperidine rings is 1. The van der Waals surface area contributed by atoms with Gasteiger partial charge < -0.3 is 9.47 Å². The van der Waals surface area contributed by atoms with E-state index in [0.717, 1.165) is 12.3 Å². The number of fused-ring (bicyclic) bond motifs is 2. The lowest BCUT2D eigenvalue weighted by Crippen LogP contribution is -2.42. The van der Waals surface area contributed by atoms with Gasteiger partial charge >= 0.3 is 0 Å². The van der Waals surface area contributed by atoms with E-state index in [4.69, 9.17) is 4.40 Å². The van der Waals surface area contributed by atoms with E-state index >= 15 is 0 Å². The van der Waals surface area contributed by atoms with Crippen molar-refractivity contribution in [2.45, 2.75) is 18.8 Å². The van der Waals surface area contributed by atoms with Crippen molar-refractivity contribution in [2.75, 3.05) is 18.8 Å². The summed E-state index contributed by atoms with van der Waals surface area (Å²) in [6, 6.07) is 9.10. The molecule has 1 unspecified atom stereocenters. The van der Waals surface area contributed by atoms with Crippen LogP contribution in [0.2, 0.25) is 0 Å². The molecular weight excluding hydrogens is 266 g/mol. The van der Waals surface area contributed by atoms with Gasteiger partial charge in [0.1, 0.15) is 5.84 Å². The summed E-state index contributed by atoms with van der Waals surface area (Å²) in [5.74, 6) is 2.93. The standard InChI is InChI=1S/C16H19N3S/c1-18-8-6-13-11-12(4-5-15(13)18)14-3-2-7-19-9-10-20-17-16(14)19/h4-6,8,11,14H,2-3,7,9-10H2,1H3. The fourth-order valence-corrected chi connectivity index (χ4v) is 4.16. The summed E-state index contributed by atoms with van der Waals surface area (Å²) in [4.78, 5) is 2.49. The Kier molecular flexibility index (Phi) is 2.99. The molecule has 1 aromatic heterocycles. The third-order valence-electron chi connectivity index (χ3n) is 4.48. The van der Waals surface area contributed by atoms with Crippen LogP contribution in [0.25, 0.3) is 10.9 Å². The molecule has 0 spiro atoms. The van der Waals surface area contributed by atoms with Crippen molar-refractivity contribution < 1.29 is 0 Å². The molecule has 3 heterocycles. The molecular formula is C16H19N3S. The van der Waals surface area contributed by atoms with Crippen LogP contribution in [0.15, 0.2) is 34.9 Å². The van der Waals surface area contributed by atoms with Gasteiger partial charge in [-0.05, 0) is 53.9 Å². The molecule has 0 bridgehead atoms. The van der Waals surface area contributed by atoms with Crippen LogP contribution in [-0.4, -0.2) is 34.1 Å². The van der Waals surface area contributed by atoms with Crippen LogP contribution in [0.4, 0.5) is 0 Å². The molecule has 0 amide bonds. The van der Waals surface area contributed by atoms with E-state index in [9.17, 15) is 0 Å². The van der Waals surface area contributed by atoms with Gasteiger partial charge in [0, 0.05) is 43.5 Å². The summed E-state index contributed by atoms with van der Waals surface area (Å²) in [6.45, 7) is 2.34. The first kappa shape index (κ1) is 12.3. The number of aryl methyl sites for hydroxylation is 1. The summed E-state index contributed by atoms with van der Waals surface area (Å²) in [7, 11) is 2.10. The molecule has 1 atom stereocenters. The maximum Gasteiger partial charge on any atom is 0.120 e. The first-order valence-electron chi connectivity index (χ1n) is 7.33. The molecule has 2 aromatic rings. The summed E-state index contributed by atoms with van der Waals surface area (Å²) in [6.07, 6.45) is 4.64. The predicted molar refractivity (Wildman–Crippen MR) is 86.4 cm³/mol. The minimum absolute atomic E-state index is 0.487. The van der Waals surface area contributed by atoms with E-state index in [2.05, 4.69) is 47.0 Å². The second kappa shape index (κ2) is 4.85. The normalized spacial score (nSPS) is 22.8. The van der Waals surface area contributed by atoms with E-state index in [1.54, 1.807) is 11.9 Å².